The molecule has 0 aromatic rings. The van der Waals surface area contributed by atoms with Crippen LogP contribution in [0.2, 0.25) is 0 Å². The summed E-state index contributed by atoms with van der Waals surface area (Å²) in [5.41, 5.74) is 0. The number of allylic oxidation sites excluding steroid dienone is 2. The van der Waals surface area contributed by atoms with Crippen LogP contribution in [0.5, 0.6) is 0 Å². The summed E-state index contributed by atoms with van der Waals surface area (Å²) in [6.45, 7) is 1.24. The molecule has 0 aromatic heterocycles. The van der Waals surface area contributed by atoms with Gasteiger partial charge in [-0.1, -0.05) is 12.2 Å². The van der Waals surface area contributed by atoms with Gasteiger partial charge in [-0.25, -0.2) is 0 Å². The maximum atomic E-state index is 12.4. The van der Waals surface area contributed by atoms with Crippen LogP contribution < -0.4 is 10.6 Å². The van der Waals surface area contributed by atoms with Crippen molar-refractivity contribution in [2.75, 3.05) is 26.7 Å². The normalized spacial score (nSPS) is 31.4. The van der Waals surface area contributed by atoms with Gasteiger partial charge in [-0.2, -0.15) is 0 Å². The Labute approximate surface area is 136 Å². The average molecular weight is 328 g/mol. The van der Waals surface area contributed by atoms with E-state index in [1.54, 1.807) is 7.05 Å². The van der Waals surface area contributed by atoms with E-state index in [9.17, 15) is 14.4 Å². The largest absolute Gasteiger partial charge is 0.354 e. The molecule has 2 N–H and O–H groups in total. The fraction of sp³-hybridized carbons (Fsp3) is 0.667. The molecule has 0 aromatic carbocycles. The van der Waals surface area contributed by atoms with Crippen LogP contribution in [0.3, 0.4) is 0 Å². The number of carbonyl (C=O) groups excluding carboxylic acids is 3. The van der Waals surface area contributed by atoms with E-state index in [1.165, 1.54) is 4.90 Å². The Kier molecular flexibility index (Phi) is 5.24. The molecule has 1 aliphatic heterocycles. The topological polar surface area (TPSA) is 78.5 Å². The molecule has 0 spiro atoms. The van der Waals surface area contributed by atoms with Crippen LogP contribution in [-0.2, 0) is 14.4 Å². The fourth-order valence-electron chi connectivity index (χ4n) is 3.82. The molecule has 3 rings (SSSR count). The van der Waals surface area contributed by atoms with Crippen LogP contribution in [0.15, 0.2) is 12.2 Å². The van der Waals surface area contributed by atoms with E-state index in [0.29, 0.717) is 19.5 Å². The van der Waals surface area contributed by atoms with Crippen molar-refractivity contribution in [2.45, 2.75) is 12.8 Å². The summed E-state index contributed by atoms with van der Waals surface area (Å²) in [6, 6.07) is 0. The predicted molar refractivity (Wildman–Crippen MR) is 83.2 cm³/mol. The minimum absolute atomic E-state index is 0. The first kappa shape index (κ1) is 17.0. The SMILES string of the molecule is CNCCC(=O)NCCN1C(=O)C2C3C=CC(C3)C2C1=O.Cl. The monoisotopic (exact) mass is 327 g/mol. The van der Waals surface area contributed by atoms with E-state index in [4.69, 9.17) is 0 Å². The summed E-state index contributed by atoms with van der Waals surface area (Å²) in [7, 11) is 1.79. The first-order valence-electron chi connectivity index (χ1n) is 7.58. The molecule has 1 saturated heterocycles. The third kappa shape index (κ3) is 2.77. The summed E-state index contributed by atoms with van der Waals surface area (Å²) in [5.74, 6) is 0.0290. The van der Waals surface area contributed by atoms with E-state index in [2.05, 4.69) is 22.8 Å². The lowest BCUT2D eigenvalue weighted by atomic mass is 9.85. The van der Waals surface area contributed by atoms with Gasteiger partial charge >= 0.3 is 0 Å². The number of hydrogen-bond donors (Lipinski definition) is 2. The molecule has 2 aliphatic carbocycles. The van der Waals surface area contributed by atoms with Gasteiger partial charge in [0.05, 0.1) is 11.8 Å². The number of carbonyl (C=O) groups is 3. The zero-order chi connectivity index (χ0) is 15.0. The van der Waals surface area contributed by atoms with Crippen LogP contribution in [0.1, 0.15) is 12.8 Å². The van der Waals surface area contributed by atoms with Gasteiger partial charge in [-0.3, -0.25) is 19.3 Å². The molecule has 0 radical (unpaired) electrons. The van der Waals surface area contributed by atoms with Crippen molar-refractivity contribution in [2.24, 2.45) is 23.7 Å². The number of nitrogens with one attached hydrogen (secondary N) is 2. The number of fused-ring (bicyclic) bond motifs is 5. The molecule has 4 unspecified atom stereocenters. The molecule has 6 nitrogen and oxygen atoms in total. The first-order chi connectivity index (χ1) is 10.1. The van der Waals surface area contributed by atoms with E-state index in [-0.39, 0.29) is 60.3 Å². The van der Waals surface area contributed by atoms with Crippen molar-refractivity contribution < 1.29 is 14.4 Å². The number of nitrogens with zero attached hydrogens (tertiary/aromatic N) is 1. The van der Waals surface area contributed by atoms with Crippen LogP contribution in [0.25, 0.3) is 0 Å². The third-order valence-corrected chi connectivity index (χ3v) is 4.82. The molecule has 3 amide bonds. The van der Waals surface area contributed by atoms with Crippen LogP contribution >= 0.6 is 12.4 Å². The molecule has 1 heterocycles. The van der Waals surface area contributed by atoms with Crippen molar-refractivity contribution in [1.82, 2.24) is 15.5 Å². The number of amides is 3. The second-order valence-electron chi connectivity index (χ2n) is 6.03. The summed E-state index contributed by atoms with van der Waals surface area (Å²) in [4.78, 5) is 37.6. The molecule has 4 atom stereocenters. The van der Waals surface area contributed by atoms with Crippen LogP contribution in [0, 0.1) is 23.7 Å². The molecule has 7 heteroatoms. The third-order valence-electron chi connectivity index (χ3n) is 4.82. The minimum Gasteiger partial charge on any atom is -0.354 e. The second-order valence-corrected chi connectivity index (χ2v) is 6.03. The van der Waals surface area contributed by atoms with Gasteiger partial charge in [0.2, 0.25) is 17.7 Å². The summed E-state index contributed by atoms with van der Waals surface area (Å²) in [6.07, 6.45) is 5.51. The lowest BCUT2D eigenvalue weighted by Gasteiger charge is -2.17. The van der Waals surface area contributed by atoms with Crippen molar-refractivity contribution in [1.29, 1.82) is 0 Å². The number of imide groups is 1. The van der Waals surface area contributed by atoms with Crippen molar-refractivity contribution in [3.05, 3.63) is 12.2 Å². The van der Waals surface area contributed by atoms with E-state index >= 15 is 0 Å². The molecule has 1 saturated carbocycles. The first-order valence-corrected chi connectivity index (χ1v) is 7.58. The zero-order valence-electron chi connectivity index (χ0n) is 12.6. The zero-order valence-corrected chi connectivity index (χ0v) is 13.4. The quantitative estimate of drug-likeness (QED) is 0.529. The van der Waals surface area contributed by atoms with Gasteiger partial charge in [-0.05, 0) is 25.3 Å². The number of halogens is 1. The van der Waals surface area contributed by atoms with Gasteiger partial charge in [-0.15, -0.1) is 12.4 Å². The van der Waals surface area contributed by atoms with Crippen LogP contribution in [0.4, 0.5) is 0 Å². The Bertz CT molecular complexity index is 478. The minimum atomic E-state index is -0.146. The molecular weight excluding hydrogens is 306 g/mol. The Morgan fingerprint density at radius 3 is 2.32 bits per heavy atom. The highest BCUT2D eigenvalue weighted by Gasteiger charge is 2.58. The van der Waals surface area contributed by atoms with Crippen molar-refractivity contribution in [3.8, 4) is 0 Å². The smallest absolute Gasteiger partial charge is 0.233 e. The highest BCUT2D eigenvalue weighted by Crippen LogP contribution is 2.52. The molecular formula is C15H22ClN3O3. The summed E-state index contributed by atoms with van der Waals surface area (Å²) in [5, 5.41) is 5.65. The maximum Gasteiger partial charge on any atom is 0.233 e. The van der Waals surface area contributed by atoms with Gasteiger partial charge in [0.15, 0.2) is 0 Å². The Morgan fingerprint density at radius 1 is 1.18 bits per heavy atom. The number of rotatable bonds is 6. The van der Waals surface area contributed by atoms with Gasteiger partial charge < -0.3 is 10.6 Å². The predicted octanol–water partition coefficient (Wildman–Crippen LogP) is -0.0590. The number of hydrogen-bond acceptors (Lipinski definition) is 4. The maximum absolute atomic E-state index is 12.4. The van der Waals surface area contributed by atoms with Gasteiger partial charge in [0.1, 0.15) is 0 Å². The molecule has 2 fully saturated rings. The second kappa shape index (κ2) is 6.79. The molecule has 22 heavy (non-hydrogen) atoms. The van der Waals surface area contributed by atoms with E-state index < -0.39 is 0 Å². The van der Waals surface area contributed by atoms with Gasteiger partial charge in [0, 0.05) is 26.1 Å². The van der Waals surface area contributed by atoms with E-state index in [0.717, 1.165) is 6.42 Å². The fourth-order valence-corrected chi connectivity index (χ4v) is 3.82. The lowest BCUT2D eigenvalue weighted by Crippen LogP contribution is -2.40. The Balaban J connectivity index is 0.00000176. The Hall–Kier alpha value is -1.40. The highest BCUT2D eigenvalue weighted by molar-refractivity contribution is 6.06. The summed E-state index contributed by atoms with van der Waals surface area (Å²) >= 11 is 0. The lowest BCUT2D eigenvalue weighted by molar-refractivity contribution is -0.141. The standard InChI is InChI=1S/C15H21N3O3.ClH/c1-16-5-4-11(19)17-6-7-18-14(20)12-9-2-3-10(8-9)13(12)15(18)21;/h2-3,9-10,12-13,16H,4-8H2,1H3,(H,17,19);1H. The van der Waals surface area contributed by atoms with E-state index in [1.807, 2.05) is 0 Å². The van der Waals surface area contributed by atoms with Crippen LogP contribution in [-0.4, -0.2) is 49.3 Å². The molecule has 122 valence electrons. The molecule has 2 bridgehead atoms. The van der Waals surface area contributed by atoms with Crippen molar-refractivity contribution in [3.63, 3.8) is 0 Å². The van der Waals surface area contributed by atoms with Crippen molar-refractivity contribution >= 4 is 30.1 Å². The Morgan fingerprint density at radius 2 is 1.77 bits per heavy atom. The number of likely N-dealkylation sites (tertiary alicyclic amines) is 1. The summed E-state index contributed by atoms with van der Waals surface area (Å²) < 4.78 is 0. The molecule has 3 aliphatic rings. The average Bonchev–Trinajstić information content (AvgIpc) is 3.14. The highest BCUT2D eigenvalue weighted by atomic mass is 35.5. The van der Waals surface area contributed by atoms with Gasteiger partial charge in [0.25, 0.3) is 0 Å².